The Hall–Kier alpha value is -2.16. The van der Waals surface area contributed by atoms with Crippen LogP contribution in [0.1, 0.15) is 15.9 Å². The quantitative estimate of drug-likeness (QED) is 0.755. The highest BCUT2D eigenvalue weighted by atomic mass is 19.1. The maximum atomic E-state index is 13.2. The molecule has 2 nitrogen and oxygen atoms in total. The third-order valence-electron chi connectivity index (χ3n) is 2.87. The number of ether oxygens (including phenoxy) is 1. The molecule has 0 N–H and O–H groups in total. The van der Waals surface area contributed by atoms with Gasteiger partial charge < -0.3 is 4.74 Å². The van der Waals surface area contributed by atoms with Crippen LogP contribution in [-0.2, 0) is 4.74 Å². The monoisotopic (exact) mass is 244 g/mol. The predicted molar refractivity (Wildman–Crippen MR) is 67.9 cm³/mol. The number of hydrogen-bond acceptors (Lipinski definition) is 2. The summed E-state index contributed by atoms with van der Waals surface area (Å²) in [5, 5.41) is 0. The van der Waals surface area contributed by atoms with Crippen LogP contribution in [0.15, 0.2) is 42.5 Å². The highest BCUT2D eigenvalue weighted by Gasteiger charge is 2.12. The van der Waals surface area contributed by atoms with E-state index in [9.17, 15) is 9.18 Å². The molecule has 2 aromatic carbocycles. The molecule has 0 spiro atoms. The van der Waals surface area contributed by atoms with E-state index >= 15 is 0 Å². The minimum atomic E-state index is -0.384. The summed E-state index contributed by atoms with van der Waals surface area (Å²) in [5.74, 6) is -0.680. The van der Waals surface area contributed by atoms with Crippen LogP contribution in [0.4, 0.5) is 4.39 Å². The van der Waals surface area contributed by atoms with Gasteiger partial charge in [0.05, 0.1) is 12.7 Å². The van der Waals surface area contributed by atoms with E-state index in [-0.39, 0.29) is 11.8 Å². The van der Waals surface area contributed by atoms with E-state index < -0.39 is 0 Å². The van der Waals surface area contributed by atoms with Crippen molar-refractivity contribution in [3.05, 3.63) is 59.4 Å². The lowest BCUT2D eigenvalue weighted by molar-refractivity contribution is 0.0600. The van der Waals surface area contributed by atoms with Gasteiger partial charge >= 0.3 is 5.97 Å². The number of halogens is 1. The number of methoxy groups -OCH3 is 1. The first-order valence-corrected chi connectivity index (χ1v) is 5.57. The Morgan fingerprint density at radius 3 is 2.56 bits per heavy atom. The van der Waals surface area contributed by atoms with Gasteiger partial charge in [-0.2, -0.15) is 0 Å². The fraction of sp³-hybridized carbons (Fsp3) is 0.133. The van der Waals surface area contributed by atoms with E-state index in [4.69, 9.17) is 4.74 Å². The molecule has 0 aliphatic heterocycles. The van der Waals surface area contributed by atoms with Crippen LogP contribution in [-0.4, -0.2) is 13.1 Å². The summed E-state index contributed by atoms with van der Waals surface area (Å²) < 4.78 is 17.9. The van der Waals surface area contributed by atoms with Crippen molar-refractivity contribution in [2.24, 2.45) is 0 Å². The molecule has 0 bridgehead atoms. The Morgan fingerprint density at radius 2 is 1.89 bits per heavy atom. The standard InChI is InChI=1S/C15H13FO2/c1-10-13(11-5-3-6-12(16)9-11)7-4-8-14(10)15(17)18-2/h3-9H,1-2H3. The molecule has 0 saturated heterocycles. The van der Waals surface area contributed by atoms with E-state index in [0.717, 1.165) is 16.7 Å². The smallest absolute Gasteiger partial charge is 0.338 e. The molecule has 0 heterocycles. The lowest BCUT2D eigenvalue weighted by Gasteiger charge is -2.10. The molecular weight excluding hydrogens is 231 g/mol. The number of benzene rings is 2. The Balaban J connectivity index is 2.56. The summed E-state index contributed by atoms with van der Waals surface area (Å²) in [6.45, 7) is 1.83. The van der Waals surface area contributed by atoms with Gasteiger partial charge in [0.2, 0.25) is 0 Å². The average Bonchev–Trinajstić information content (AvgIpc) is 2.38. The minimum Gasteiger partial charge on any atom is -0.465 e. The molecule has 0 fully saturated rings. The van der Waals surface area contributed by atoms with Crippen molar-refractivity contribution in [1.29, 1.82) is 0 Å². The fourth-order valence-electron chi connectivity index (χ4n) is 1.94. The molecule has 0 atom stereocenters. The second-order valence-corrected chi connectivity index (χ2v) is 3.98. The molecule has 0 aliphatic rings. The number of carbonyl (C=O) groups is 1. The van der Waals surface area contributed by atoms with E-state index in [1.807, 2.05) is 19.1 Å². The topological polar surface area (TPSA) is 26.3 Å². The van der Waals surface area contributed by atoms with E-state index in [0.29, 0.717) is 5.56 Å². The minimum absolute atomic E-state index is 0.296. The van der Waals surface area contributed by atoms with Crippen LogP contribution in [0.3, 0.4) is 0 Å². The van der Waals surface area contributed by atoms with Crippen molar-refractivity contribution in [2.45, 2.75) is 6.92 Å². The summed E-state index contributed by atoms with van der Waals surface area (Å²) in [5.41, 5.74) is 2.87. The Bertz CT molecular complexity index is 591. The lowest BCUT2D eigenvalue weighted by Crippen LogP contribution is -2.04. The predicted octanol–water partition coefficient (Wildman–Crippen LogP) is 3.59. The molecule has 18 heavy (non-hydrogen) atoms. The third-order valence-corrected chi connectivity index (χ3v) is 2.87. The summed E-state index contributed by atoms with van der Waals surface area (Å²) >= 11 is 0. The SMILES string of the molecule is COC(=O)c1cccc(-c2cccc(F)c2)c1C. The Morgan fingerprint density at radius 1 is 1.17 bits per heavy atom. The van der Waals surface area contributed by atoms with Crippen molar-refractivity contribution in [1.82, 2.24) is 0 Å². The van der Waals surface area contributed by atoms with Gasteiger partial charge in [0.15, 0.2) is 0 Å². The molecule has 0 saturated carbocycles. The highest BCUT2D eigenvalue weighted by molar-refractivity contribution is 5.93. The second kappa shape index (κ2) is 5.00. The van der Waals surface area contributed by atoms with Gasteiger partial charge in [0.1, 0.15) is 5.82 Å². The maximum Gasteiger partial charge on any atom is 0.338 e. The van der Waals surface area contributed by atoms with Gasteiger partial charge in [-0.25, -0.2) is 9.18 Å². The second-order valence-electron chi connectivity index (χ2n) is 3.98. The third kappa shape index (κ3) is 2.25. The molecule has 0 aromatic heterocycles. The van der Waals surface area contributed by atoms with Gasteiger partial charge in [0, 0.05) is 0 Å². The van der Waals surface area contributed by atoms with E-state index in [1.54, 1.807) is 18.2 Å². The van der Waals surface area contributed by atoms with Crippen LogP contribution in [0.2, 0.25) is 0 Å². The molecule has 3 heteroatoms. The number of rotatable bonds is 2. The normalized spacial score (nSPS) is 10.2. The molecule has 92 valence electrons. The van der Waals surface area contributed by atoms with Gasteiger partial charge in [-0.1, -0.05) is 24.3 Å². The van der Waals surface area contributed by atoms with Crippen molar-refractivity contribution < 1.29 is 13.9 Å². The van der Waals surface area contributed by atoms with Crippen LogP contribution >= 0.6 is 0 Å². The van der Waals surface area contributed by atoms with Crippen molar-refractivity contribution >= 4 is 5.97 Å². The number of hydrogen-bond donors (Lipinski definition) is 0. The van der Waals surface area contributed by atoms with Crippen LogP contribution in [0.5, 0.6) is 0 Å². The van der Waals surface area contributed by atoms with Crippen LogP contribution in [0.25, 0.3) is 11.1 Å². The zero-order valence-electron chi connectivity index (χ0n) is 10.2. The first-order valence-electron chi connectivity index (χ1n) is 5.57. The Kier molecular flexibility index (Phi) is 3.42. The maximum absolute atomic E-state index is 13.2. The summed E-state index contributed by atoms with van der Waals surface area (Å²) in [7, 11) is 1.34. The molecular formula is C15H13FO2. The Labute approximate surface area is 105 Å². The van der Waals surface area contributed by atoms with Crippen molar-refractivity contribution in [3.8, 4) is 11.1 Å². The largest absolute Gasteiger partial charge is 0.465 e. The van der Waals surface area contributed by atoms with E-state index in [1.165, 1.54) is 19.2 Å². The van der Waals surface area contributed by atoms with Gasteiger partial charge in [-0.15, -0.1) is 0 Å². The fourth-order valence-corrected chi connectivity index (χ4v) is 1.94. The summed E-state index contributed by atoms with van der Waals surface area (Å²) in [4.78, 5) is 11.6. The molecule has 0 radical (unpaired) electrons. The molecule has 0 amide bonds. The average molecular weight is 244 g/mol. The van der Waals surface area contributed by atoms with Crippen LogP contribution in [0, 0.1) is 12.7 Å². The van der Waals surface area contributed by atoms with Crippen LogP contribution < -0.4 is 0 Å². The molecule has 2 rings (SSSR count). The zero-order chi connectivity index (χ0) is 13.1. The summed E-state index contributed by atoms with van der Waals surface area (Å²) in [6.07, 6.45) is 0. The first-order chi connectivity index (χ1) is 8.63. The number of carbonyl (C=O) groups excluding carboxylic acids is 1. The molecule has 0 aliphatic carbocycles. The van der Waals surface area contributed by atoms with Gasteiger partial charge in [-0.05, 0) is 41.8 Å². The first kappa shape index (κ1) is 12.3. The van der Waals surface area contributed by atoms with Gasteiger partial charge in [0.25, 0.3) is 0 Å². The molecule has 0 unspecified atom stereocenters. The molecule has 2 aromatic rings. The van der Waals surface area contributed by atoms with Gasteiger partial charge in [-0.3, -0.25) is 0 Å². The number of esters is 1. The highest BCUT2D eigenvalue weighted by Crippen LogP contribution is 2.26. The lowest BCUT2D eigenvalue weighted by atomic mass is 9.96. The van der Waals surface area contributed by atoms with E-state index in [2.05, 4.69) is 0 Å². The van der Waals surface area contributed by atoms with Crippen molar-refractivity contribution in [2.75, 3.05) is 7.11 Å². The zero-order valence-corrected chi connectivity index (χ0v) is 10.2. The van der Waals surface area contributed by atoms with Crippen molar-refractivity contribution in [3.63, 3.8) is 0 Å². The summed E-state index contributed by atoms with van der Waals surface area (Å²) in [6, 6.07) is 11.6.